The highest BCUT2D eigenvalue weighted by molar-refractivity contribution is 5.62. The standard InChI is InChI=1S/C16H24N2O4/c1-4-5-6-7-8-9-10-14-11-15(17(19)20)16(18(21)22)13(3)12(14)2/h11H,4-10H2,1-3H3. The molecule has 0 saturated carbocycles. The molecule has 0 radical (unpaired) electrons. The Morgan fingerprint density at radius 2 is 1.50 bits per heavy atom. The molecule has 122 valence electrons. The highest BCUT2D eigenvalue weighted by Crippen LogP contribution is 2.35. The topological polar surface area (TPSA) is 86.3 Å². The van der Waals surface area contributed by atoms with E-state index in [2.05, 4.69) is 6.92 Å². The minimum Gasteiger partial charge on any atom is -0.258 e. The summed E-state index contributed by atoms with van der Waals surface area (Å²) in [6, 6.07) is 1.38. The molecule has 0 bridgehead atoms. The lowest BCUT2D eigenvalue weighted by atomic mass is 9.95. The van der Waals surface area contributed by atoms with E-state index in [9.17, 15) is 20.2 Å². The SMILES string of the molecule is CCCCCCCCc1cc([N+](=O)[O-])c([N+](=O)[O-])c(C)c1C. The first-order valence-electron chi connectivity index (χ1n) is 7.82. The number of nitrogens with zero attached hydrogens (tertiary/aromatic N) is 2. The Morgan fingerprint density at radius 3 is 2.05 bits per heavy atom. The van der Waals surface area contributed by atoms with Gasteiger partial charge in [0.1, 0.15) is 0 Å². The molecule has 0 unspecified atom stereocenters. The van der Waals surface area contributed by atoms with Crippen LogP contribution in [0.5, 0.6) is 0 Å². The average Bonchev–Trinajstić information content (AvgIpc) is 2.45. The number of benzene rings is 1. The van der Waals surface area contributed by atoms with Crippen LogP contribution >= 0.6 is 0 Å². The van der Waals surface area contributed by atoms with Gasteiger partial charge in [-0.2, -0.15) is 0 Å². The van der Waals surface area contributed by atoms with Crippen LogP contribution in [-0.2, 0) is 6.42 Å². The summed E-state index contributed by atoms with van der Waals surface area (Å²) >= 11 is 0. The van der Waals surface area contributed by atoms with Gasteiger partial charge in [0.05, 0.1) is 9.85 Å². The van der Waals surface area contributed by atoms with Crippen LogP contribution in [-0.4, -0.2) is 9.85 Å². The highest BCUT2D eigenvalue weighted by Gasteiger charge is 2.29. The Labute approximate surface area is 130 Å². The lowest BCUT2D eigenvalue weighted by Gasteiger charge is -2.10. The largest absolute Gasteiger partial charge is 0.349 e. The van der Waals surface area contributed by atoms with Crippen molar-refractivity contribution in [1.29, 1.82) is 0 Å². The van der Waals surface area contributed by atoms with Crippen molar-refractivity contribution in [2.24, 2.45) is 0 Å². The molecule has 0 aliphatic heterocycles. The zero-order valence-corrected chi connectivity index (χ0v) is 13.6. The van der Waals surface area contributed by atoms with Crippen LogP contribution in [0.4, 0.5) is 11.4 Å². The van der Waals surface area contributed by atoms with Crippen molar-refractivity contribution >= 4 is 11.4 Å². The molecule has 0 aromatic heterocycles. The summed E-state index contributed by atoms with van der Waals surface area (Å²) in [5.74, 6) is 0. The third-order valence-corrected chi connectivity index (χ3v) is 4.13. The normalized spacial score (nSPS) is 10.7. The summed E-state index contributed by atoms with van der Waals surface area (Å²) < 4.78 is 0. The molecule has 0 heterocycles. The predicted molar refractivity (Wildman–Crippen MR) is 86.3 cm³/mol. The van der Waals surface area contributed by atoms with Gasteiger partial charge in [-0.15, -0.1) is 0 Å². The first-order chi connectivity index (χ1) is 10.4. The molecule has 0 N–H and O–H groups in total. The van der Waals surface area contributed by atoms with Crippen LogP contribution in [0.25, 0.3) is 0 Å². The molecular weight excluding hydrogens is 284 g/mol. The Hall–Kier alpha value is -1.98. The smallest absolute Gasteiger partial charge is 0.258 e. The Morgan fingerprint density at radius 1 is 0.909 bits per heavy atom. The van der Waals surface area contributed by atoms with E-state index < -0.39 is 15.5 Å². The van der Waals surface area contributed by atoms with Gasteiger partial charge in [0.15, 0.2) is 0 Å². The number of nitro groups is 2. The number of hydrogen-bond acceptors (Lipinski definition) is 4. The summed E-state index contributed by atoms with van der Waals surface area (Å²) in [6.45, 7) is 5.56. The predicted octanol–water partition coefficient (Wildman–Crippen LogP) is 5.02. The van der Waals surface area contributed by atoms with Gasteiger partial charge in [0.2, 0.25) is 0 Å². The summed E-state index contributed by atoms with van der Waals surface area (Å²) in [6.07, 6.45) is 7.60. The van der Waals surface area contributed by atoms with E-state index in [1.807, 2.05) is 0 Å². The fourth-order valence-electron chi connectivity index (χ4n) is 2.68. The molecule has 0 aliphatic carbocycles. The maximum Gasteiger partial charge on any atom is 0.349 e. The van der Waals surface area contributed by atoms with Crippen LogP contribution in [0.3, 0.4) is 0 Å². The second-order valence-corrected chi connectivity index (χ2v) is 5.69. The summed E-state index contributed by atoms with van der Waals surface area (Å²) in [5, 5.41) is 22.2. The van der Waals surface area contributed by atoms with Crippen molar-refractivity contribution in [1.82, 2.24) is 0 Å². The first-order valence-corrected chi connectivity index (χ1v) is 7.82. The lowest BCUT2D eigenvalue weighted by molar-refractivity contribution is -0.422. The molecule has 0 saturated heterocycles. The second kappa shape index (κ2) is 8.46. The molecule has 0 aliphatic rings. The van der Waals surface area contributed by atoms with E-state index in [4.69, 9.17) is 0 Å². The van der Waals surface area contributed by atoms with E-state index in [1.54, 1.807) is 13.8 Å². The Kier molecular flexibility index (Phi) is 6.95. The minimum atomic E-state index is -0.658. The molecule has 1 aromatic rings. The van der Waals surface area contributed by atoms with E-state index in [0.29, 0.717) is 5.56 Å². The van der Waals surface area contributed by atoms with Gasteiger partial charge in [-0.05, 0) is 37.8 Å². The molecular formula is C16H24N2O4. The molecule has 6 nitrogen and oxygen atoms in total. The lowest BCUT2D eigenvalue weighted by Crippen LogP contribution is -2.04. The monoisotopic (exact) mass is 308 g/mol. The van der Waals surface area contributed by atoms with Crippen molar-refractivity contribution in [2.45, 2.75) is 65.7 Å². The average molecular weight is 308 g/mol. The number of unbranched alkanes of at least 4 members (excludes halogenated alkanes) is 5. The number of aryl methyl sites for hydroxylation is 1. The first kappa shape index (κ1) is 18.1. The zero-order valence-electron chi connectivity index (χ0n) is 13.6. The van der Waals surface area contributed by atoms with Crippen molar-refractivity contribution < 1.29 is 9.85 Å². The van der Waals surface area contributed by atoms with Crippen molar-refractivity contribution in [2.75, 3.05) is 0 Å². The Balaban J connectivity index is 2.88. The third kappa shape index (κ3) is 4.51. The molecule has 0 spiro atoms. The molecule has 0 atom stereocenters. The fourth-order valence-corrected chi connectivity index (χ4v) is 2.68. The van der Waals surface area contributed by atoms with Crippen LogP contribution in [0.1, 0.15) is 62.1 Å². The van der Waals surface area contributed by atoms with Crippen molar-refractivity contribution in [3.8, 4) is 0 Å². The van der Waals surface area contributed by atoms with Gasteiger partial charge < -0.3 is 0 Å². The van der Waals surface area contributed by atoms with Gasteiger partial charge >= 0.3 is 11.4 Å². The van der Waals surface area contributed by atoms with Crippen LogP contribution in [0.15, 0.2) is 6.07 Å². The van der Waals surface area contributed by atoms with Crippen LogP contribution in [0, 0.1) is 34.1 Å². The molecule has 1 rings (SSSR count). The van der Waals surface area contributed by atoms with Crippen LogP contribution < -0.4 is 0 Å². The number of hydrogen-bond donors (Lipinski definition) is 0. The van der Waals surface area contributed by atoms with E-state index in [-0.39, 0.29) is 5.69 Å². The number of nitro benzene ring substituents is 2. The molecule has 0 fully saturated rings. The molecule has 1 aromatic carbocycles. The zero-order chi connectivity index (χ0) is 16.7. The van der Waals surface area contributed by atoms with Crippen molar-refractivity contribution in [3.05, 3.63) is 43.0 Å². The van der Waals surface area contributed by atoms with Gasteiger partial charge in [-0.25, -0.2) is 0 Å². The van der Waals surface area contributed by atoms with Gasteiger partial charge in [0.25, 0.3) is 0 Å². The van der Waals surface area contributed by atoms with E-state index in [0.717, 1.165) is 30.4 Å². The van der Waals surface area contributed by atoms with E-state index >= 15 is 0 Å². The minimum absolute atomic E-state index is 0.380. The number of rotatable bonds is 9. The van der Waals surface area contributed by atoms with Gasteiger partial charge in [-0.3, -0.25) is 20.2 Å². The fraction of sp³-hybridized carbons (Fsp3) is 0.625. The van der Waals surface area contributed by atoms with Gasteiger partial charge in [-0.1, -0.05) is 39.0 Å². The summed E-state index contributed by atoms with van der Waals surface area (Å²) in [5.41, 5.74) is 1.28. The molecule has 22 heavy (non-hydrogen) atoms. The van der Waals surface area contributed by atoms with Crippen LogP contribution in [0.2, 0.25) is 0 Å². The highest BCUT2D eigenvalue weighted by atomic mass is 16.6. The van der Waals surface area contributed by atoms with Gasteiger partial charge in [0, 0.05) is 11.6 Å². The Bertz CT molecular complexity index is 556. The summed E-state index contributed by atoms with van der Waals surface area (Å²) in [7, 11) is 0. The summed E-state index contributed by atoms with van der Waals surface area (Å²) in [4.78, 5) is 20.8. The second-order valence-electron chi connectivity index (χ2n) is 5.69. The maximum atomic E-state index is 11.1. The molecule has 0 amide bonds. The maximum absolute atomic E-state index is 11.1. The molecule has 6 heteroatoms. The van der Waals surface area contributed by atoms with E-state index in [1.165, 1.54) is 31.7 Å². The quantitative estimate of drug-likeness (QED) is 0.364. The van der Waals surface area contributed by atoms with Crippen molar-refractivity contribution in [3.63, 3.8) is 0 Å². The third-order valence-electron chi connectivity index (χ3n) is 4.13.